The quantitative estimate of drug-likeness (QED) is 0.866. The summed E-state index contributed by atoms with van der Waals surface area (Å²) >= 11 is 0. The van der Waals surface area contributed by atoms with Gasteiger partial charge in [0.1, 0.15) is 11.5 Å². The average Bonchev–Trinajstić information content (AvgIpc) is 2.92. The fourth-order valence-corrected chi connectivity index (χ4v) is 2.98. The standard InChI is InChI=1S/C18H25NO2/c1-6-16-15(8-9-21-16)17(19-7-2)14-10-12(3)18(20-5)13(4)11-14/h8-11,17,19H,6-7H2,1-5H3. The second-order valence-electron chi connectivity index (χ2n) is 5.33. The molecule has 1 atom stereocenters. The highest BCUT2D eigenvalue weighted by molar-refractivity contribution is 5.46. The second-order valence-corrected chi connectivity index (χ2v) is 5.33. The molecule has 0 aliphatic rings. The van der Waals surface area contributed by atoms with Gasteiger partial charge in [-0.25, -0.2) is 0 Å². The summed E-state index contributed by atoms with van der Waals surface area (Å²) in [6.45, 7) is 9.34. The Morgan fingerprint density at radius 2 is 1.86 bits per heavy atom. The smallest absolute Gasteiger partial charge is 0.124 e. The Kier molecular flexibility index (Phi) is 5.07. The van der Waals surface area contributed by atoms with Gasteiger partial charge < -0.3 is 14.5 Å². The van der Waals surface area contributed by atoms with Crippen molar-refractivity contribution in [1.82, 2.24) is 5.32 Å². The number of benzene rings is 1. The zero-order valence-electron chi connectivity index (χ0n) is 13.6. The molecule has 114 valence electrons. The molecule has 1 aromatic heterocycles. The summed E-state index contributed by atoms with van der Waals surface area (Å²) < 4.78 is 11.1. The van der Waals surface area contributed by atoms with Crippen LogP contribution in [0.25, 0.3) is 0 Å². The van der Waals surface area contributed by atoms with E-state index >= 15 is 0 Å². The third-order valence-corrected chi connectivity index (χ3v) is 3.84. The third-order valence-electron chi connectivity index (χ3n) is 3.84. The zero-order chi connectivity index (χ0) is 15.4. The molecule has 2 rings (SSSR count). The topological polar surface area (TPSA) is 34.4 Å². The number of hydrogen-bond acceptors (Lipinski definition) is 3. The monoisotopic (exact) mass is 287 g/mol. The highest BCUT2D eigenvalue weighted by Crippen LogP contribution is 2.32. The molecule has 0 aliphatic heterocycles. The van der Waals surface area contributed by atoms with Gasteiger partial charge in [0.15, 0.2) is 0 Å². The molecule has 3 heteroatoms. The Balaban J connectivity index is 2.48. The summed E-state index contributed by atoms with van der Waals surface area (Å²) in [6, 6.07) is 6.63. The Bertz CT molecular complexity index is 578. The van der Waals surface area contributed by atoms with Gasteiger partial charge in [0.05, 0.1) is 19.4 Å². The van der Waals surface area contributed by atoms with Gasteiger partial charge in [-0.1, -0.05) is 26.0 Å². The van der Waals surface area contributed by atoms with Crippen LogP contribution in [-0.2, 0) is 6.42 Å². The molecular weight excluding hydrogens is 262 g/mol. The first-order chi connectivity index (χ1) is 10.1. The maximum Gasteiger partial charge on any atom is 0.124 e. The van der Waals surface area contributed by atoms with Crippen molar-refractivity contribution >= 4 is 0 Å². The lowest BCUT2D eigenvalue weighted by atomic mass is 9.94. The molecule has 0 amide bonds. The van der Waals surface area contributed by atoms with Crippen molar-refractivity contribution in [3.63, 3.8) is 0 Å². The van der Waals surface area contributed by atoms with Gasteiger partial charge in [0.25, 0.3) is 0 Å². The maximum atomic E-state index is 5.60. The van der Waals surface area contributed by atoms with Gasteiger partial charge in [-0.3, -0.25) is 0 Å². The van der Waals surface area contributed by atoms with E-state index in [1.54, 1.807) is 13.4 Å². The van der Waals surface area contributed by atoms with Crippen LogP contribution < -0.4 is 10.1 Å². The van der Waals surface area contributed by atoms with Crippen molar-refractivity contribution in [2.45, 2.75) is 40.2 Å². The van der Waals surface area contributed by atoms with E-state index in [4.69, 9.17) is 9.15 Å². The van der Waals surface area contributed by atoms with Crippen molar-refractivity contribution in [2.24, 2.45) is 0 Å². The van der Waals surface area contributed by atoms with Gasteiger partial charge in [0.2, 0.25) is 0 Å². The first-order valence-corrected chi connectivity index (χ1v) is 7.57. The van der Waals surface area contributed by atoms with E-state index in [1.807, 2.05) is 0 Å². The molecule has 1 heterocycles. The van der Waals surface area contributed by atoms with Crippen LogP contribution >= 0.6 is 0 Å². The van der Waals surface area contributed by atoms with Crippen LogP contribution in [0.4, 0.5) is 0 Å². The number of rotatable bonds is 6. The van der Waals surface area contributed by atoms with E-state index in [-0.39, 0.29) is 6.04 Å². The van der Waals surface area contributed by atoms with Crippen molar-refractivity contribution in [3.8, 4) is 5.75 Å². The molecule has 0 saturated carbocycles. The number of aryl methyl sites for hydroxylation is 3. The molecule has 3 nitrogen and oxygen atoms in total. The van der Waals surface area contributed by atoms with E-state index in [1.165, 1.54) is 11.1 Å². The fourth-order valence-electron chi connectivity index (χ4n) is 2.98. The largest absolute Gasteiger partial charge is 0.496 e. The lowest BCUT2D eigenvalue weighted by Crippen LogP contribution is -2.22. The van der Waals surface area contributed by atoms with Crippen LogP contribution in [0.5, 0.6) is 5.75 Å². The third kappa shape index (κ3) is 3.13. The molecule has 0 fully saturated rings. The molecule has 1 N–H and O–H groups in total. The summed E-state index contributed by atoms with van der Waals surface area (Å²) in [6.07, 6.45) is 2.68. The Hall–Kier alpha value is -1.74. The minimum absolute atomic E-state index is 0.159. The van der Waals surface area contributed by atoms with Crippen molar-refractivity contribution in [3.05, 3.63) is 52.5 Å². The van der Waals surface area contributed by atoms with Gasteiger partial charge >= 0.3 is 0 Å². The summed E-state index contributed by atoms with van der Waals surface area (Å²) in [7, 11) is 1.72. The molecule has 0 bridgehead atoms. The van der Waals surface area contributed by atoms with Gasteiger partial charge in [0, 0.05) is 12.0 Å². The van der Waals surface area contributed by atoms with Crippen molar-refractivity contribution in [1.29, 1.82) is 0 Å². The molecule has 0 radical (unpaired) electrons. The van der Waals surface area contributed by atoms with Crippen LogP contribution in [0, 0.1) is 13.8 Å². The highest BCUT2D eigenvalue weighted by Gasteiger charge is 2.20. The summed E-state index contributed by atoms with van der Waals surface area (Å²) in [4.78, 5) is 0. The van der Waals surface area contributed by atoms with Crippen LogP contribution in [0.2, 0.25) is 0 Å². The minimum Gasteiger partial charge on any atom is -0.496 e. The SMILES string of the molecule is CCNC(c1cc(C)c(OC)c(C)c1)c1ccoc1CC. The summed E-state index contributed by atoms with van der Waals surface area (Å²) in [5, 5.41) is 3.57. The van der Waals surface area contributed by atoms with Gasteiger partial charge in [-0.05, 0) is 43.1 Å². The van der Waals surface area contributed by atoms with Crippen LogP contribution in [0.3, 0.4) is 0 Å². The van der Waals surface area contributed by atoms with Crippen LogP contribution in [0.1, 0.15) is 47.9 Å². The van der Waals surface area contributed by atoms with Crippen molar-refractivity contribution in [2.75, 3.05) is 13.7 Å². The number of methoxy groups -OCH3 is 1. The predicted molar refractivity (Wildman–Crippen MR) is 86.1 cm³/mol. The number of nitrogens with one attached hydrogen (secondary N) is 1. The molecule has 0 spiro atoms. The van der Waals surface area contributed by atoms with E-state index in [9.17, 15) is 0 Å². The fraction of sp³-hybridized carbons (Fsp3) is 0.444. The number of ether oxygens (including phenoxy) is 1. The summed E-state index contributed by atoms with van der Waals surface area (Å²) in [5.41, 5.74) is 4.81. The highest BCUT2D eigenvalue weighted by atomic mass is 16.5. The normalized spacial score (nSPS) is 12.4. The van der Waals surface area contributed by atoms with Crippen LogP contribution in [0.15, 0.2) is 28.9 Å². The molecule has 2 aromatic rings. The number of hydrogen-bond donors (Lipinski definition) is 1. The predicted octanol–water partition coefficient (Wildman–Crippen LogP) is 4.17. The van der Waals surface area contributed by atoms with E-state index in [0.717, 1.165) is 35.6 Å². The maximum absolute atomic E-state index is 5.60. The zero-order valence-corrected chi connectivity index (χ0v) is 13.6. The second kappa shape index (κ2) is 6.81. The minimum atomic E-state index is 0.159. The lowest BCUT2D eigenvalue weighted by Gasteiger charge is -2.21. The molecule has 0 saturated heterocycles. The Morgan fingerprint density at radius 3 is 2.38 bits per heavy atom. The first-order valence-electron chi connectivity index (χ1n) is 7.57. The van der Waals surface area contributed by atoms with E-state index in [2.05, 4.69) is 51.2 Å². The van der Waals surface area contributed by atoms with Gasteiger partial charge in [-0.2, -0.15) is 0 Å². The molecule has 0 aliphatic carbocycles. The van der Waals surface area contributed by atoms with Crippen LogP contribution in [-0.4, -0.2) is 13.7 Å². The Labute approximate surface area is 127 Å². The summed E-state index contributed by atoms with van der Waals surface area (Å²) in [5.74, 6) is 2.02. The Morgan fingerprint density at radius 1 is 1.19 bits per heavy atom. The average molecular weight is 287 g/mol. The van der Waals surface area contributed by atoms with E-state index in [0.29, 0.717) is 0 Å². The molecule has 21 heavy (non-hydrogen) atoms. The van der Waals surface area contributed by atoms with E-state index < -0.39 is 0 Å². The number of furan rings is 1. The first kappa shape index (κ1) is 15.6. The molecular formula is C18H25NO2. The molecule has 1 aromatic carbocycles. The lowest BCUT2D eigenvalue weighted by molar-refractivity contribution is 0.408. The molecule has 1 unspecified atom stereocenters. The van der Waals surface area contributed by atoms with Gasteiger partial charge in [-0.15, -0.1) is 0 Å². The van der Waals surface area contributed by atoms with Crippen molar-refractivity contribution < 1.29 is 9.15 Å².